The van der Waals surface area contributed by atoms with E-state index in [-0.39, 0.29) is 5.56 Å². The smallest absolute Gasteiger partial charge is 0.338 e. The van der Waals surface area contributed by atoms with Gasteiger partial charge in [-0.05, 0) is 43.7 Å². The molecule has 0 amide bonds. The van der Waals surface area contributed by atoms with E-state index in [1.54, 1.807) is 0 Å². The average molecular weight is 276 g/mol. The Morgan fingerprint density at radius 3 is 2.60 bits per heavy atom. The standard InChI is InChI=1S/C15H17FN2O2/c1-9-6-11(10(2)18(9)3)8-17-12-4-5-14(16)13(7-12)15(19)20/h4-7,17H,8H2,1-3H3,(H,19,20). The molecule has 0 aliphatic rings. The van der Waals surface area contributed by atoms with Gasteiger partial charge in [0, 0.05) is 30.7 Å². The highest BCUT2D eigenvalue weighted by Crippen LogP contribution is 2.18. The molecule has 2 N–H and O–H groups in total. The summed E-state index contributed by atoms with van der Waals surface area (Å²) in [4.78, 5) is 10.9. The molecule has 0 unspecified atom stereocenters. The van der Waals surface area contributed by atoms with Crippen LogP contribution in [0.15, 0.2) is 24.3 Å². The second-order valence-electron chi connectivity index (χ2n) is 4.81. The van der Waals surface area contributed by atoms with Crippen molar-refractivity contribution in [2.24, 2.45) is 7.05 Å². The number of aryl methyl sites for hydroxylation is 1. The molecule has 1 aromatic carbocycles. The van der Waals surface area contributed by atoms with Gasteiger partial charge in [-0.2, -0.15) is 0 Å². The van der Waals surface area contributed by atoms with Gasteiger partial charge in [-0.1, -0.05) is 0 Å². The van der Waals surface area contributed by atoms with Crippen molar-refractivity contribution >= 4 is 11.7 Å². The molecule has 0 saturated heterocycles. The van der Waals surface area contributed by atoms with Gasteiger partial charge in [0.1, 0.15) is 5.82 Å². The highest BCUT2D eigenvalue weighted by Gasteiger charge is 2.11. The van der Waals surface area contributed by atoms with Crippen LogP contribution < -0.4 is 5.32 Å². The summed E-state index contributed by atoms with van der Waals surface area (Å²) < 4.78 is 15.4. The molecule has 0 fully saturated rings. The maximum atomic E-state index is 13.3. The second kappa shape index (κ2) is 5.36. The summed E-state index contributed by atoms with van der Waals surface area (Å²) in [6.07, 6.45) is 0. The molecule has 0 spiro atoms. The molecule has 4 nitrogen and oxygen atoms in total. The van der Waals surface area contributed by atoms with E-state index in [1.165, 1.54) is 12.1 Å². The monoisotopic (exact) mass is 276 g/mol. The summed E-state index contributed by atoms with van der Waals surface area (Å²) in [5, 5.41) is 12.0. The molecule has 0 saturated carbocycles. The molecule has 20 heavy (non-hydrogen) atoms. The summed E-state index contributed by atoms with van der Waals surface area (Å²) in [7, 11) is 1.99. The summed E-state index contributed by atoms with van der Waals surface area (Å²) in [6.45, 7) is 4.62. The molecular formula is C15H17FN2O2. The Balaban J connectivity index is 2.17. The molecule has 2 rings (SSSR count). The van der Waals surface area contributed by atoms with Gasteiger partial charge in [-0.15, -0.1) is 0 Å². The number of rotatable bonds is 4. The lowest BCUT2D eigenvalue weighted by Gasteiger charge is -2.08. The van der Waals surface area contributed by atoms with Gasteiger partial charge in [0.05, 0.1) is 5.56 Å². The quantitative estimate of drug-likeness (QED) is 0.902. The predicted molar refractivity (Wildman–Crippen MR) is 75.6 cm³/mol. The Bertz CT molecular complexity index is 662. The van der Waals surface area contributed by atoms with Crippen LogP contribution in [-0.2, 0) is 13.6 Å². The van der Waals surface area contributed by atoms with Crippen molar-refractivity contribution in [1.29, 1.82) is 0 Å². The fourth-order valence-corrected chi connectivity index (χ4v) is 2.11. The number of carboxylic acid groups (broad SMARTS) is 1. The third-order valence-electron chi connectivity index (χ3n) is 3.56. The number of nitrogens with zero attached hydrogens (tertiary/aromatic N) is 1. The number of carbonyl (C=O) groups is 1. The third-order valence-corrected chi connectivity index (χ3v) is 3.56. The van der Waals surface area contributed by atoms with Crippen molar-refractivity contribution in [2.75, 3.05) is 5.32 Å². The van der Waals surface area contributed by atoms with Gasteiger partial charge in [0.2, 0.25) is 0 Å². The first-order chi connectivity index (χ1) is 9.40. The van der Waals surface area contributed by atoms with Gasteiger partial charge < -0.3 is 15.0 Å². The van der Waals surface area contributed by atoms with E-state index in [1.807, 2.05) is 20.9 Å². The molecule has 106 valence electrons. The summed E-state index contributed by atoms with van der Waals surface area (Å²) in [6, 6.07) is 6.08. The lowest BCUT2D eigenvalue weighted by molar-refractivity contribution is 0.0692. The van der Waals surface area contributed by atoms with E-state index in [9.17, 15) is 9.18 Å². The van der Waals surface area contributed by atoms with Crippen LogP contribution >= 0.6 is 0 Å². The minimum atomic E-state index is -1.27. The van der Waals surface area contributed by atoms with Crippen molar-refractivity contribution in [3.8, 4) is 0 Å². The predicted octanol–water partition coefficient (Wildman–Crippen LogP) is 3.09. The summed E-state index contributed by atoms with van der Waals surface area (Å²) in [5.74, 6) is -1.99. The number of hydrogen-bond donors (Lipinski definition) is 2. The van der Waals surface area contributed by atoms with Gasteiger partial charge >= 0.3 is 5.97 Å². The highest BCUT2D eigenvalue weighted by molar-refractivity contribution is 5.89. The molecule has 0 atom stereocenters. The van der Waals surface area contributed by atoms with Crippen LogP contribution in [0.25, 0.3) is 0 Å². The summed E-state index contributed by atoms with van der Waals surface area (Å²) >= 11 is 0. The first-order valence-corrected chi connectivity index (χ1v) is 6.28. The van der Waals surface area contributed by atoms with Gasteiger partial charge in [-0.25, -0.2) is 9.18 Å². The zero-order valence-electron chi connectivity index (χ0n) is 11.7. The van der Waals surface area contributed by atoms with Gasteiger partial charge in [0.25, 0.3) is 0 Å². The number of hydrogen-bond acceptors (Lipinski definition) is 2. The normalized spacial score (nSPS) is 10.6. The fraction of sp³-hybridized carbons (Fsp3) is 0.267. The molecular weight excluding hydrogens is 259 g/mol. The zero-order valence-corrected chi connectivity index (χ0v) is 11.7. The molecule has 0 aliphatic carbocycles. The molecule has 0 radical (unpaired) electrons. The van der Waals surface area contributed by atoms with E-state index in [0.29, 0.717) is 12.2 Å². The number of aromatic nitrogens is 1. The van der Waals surface area contributed by atoms with Crippen molar-refractivity contribution in [2.45, 2.75) is 20.4 Å². The van der Waals surface area contributed by atoms with Crippen LogP contribution in [0.5, 0.6) is 0 Å². The summed E-state index contributed by atoms with van der Waals surface area (Å²) in [5.41, 5.74) is 3.70. The van der Waals surface area contributed by atoms with Crippen LogP contribution in [0, 0.1) is 19.7 Å². The van der Waals surface area contributed by atoms with Gasteiger partial charge in [-0.3, -0.25) is 0 Å². The Morgan fingerprint density at radius 2 is 2.05 bits per heavy atom. The molecule has 2 aromatic rings. The third kappa shape index (κ3) is 2.66. The van der Waals surface area contributed by atoms with Crippen molar-refractivity contribution < 1.29 is 14.3 Å². The number of benzene rings is 1. The molecule has 5 heteroatoms. The zero-order chi connectivity index (χ0) is 14.9. The Kier molecular flexibility index (Phi) is 3.79. The average Bonchev–Trinajstić information content (AvgIpc) is 2.65. The van der Waals surface area contributed by atoms with E-state index in [4.69, 9.17) is 5.11 Å². The number of carboxylic acids is 1. The lowest BCUT2D eigenvalue weighted by atomic mass is 10.1. The topological polar surface area (TPSA) is 54.3 Å². The fourth-order valence-electron chi connectivity index (χ4n) is 2.11. The SMILES string of the molecule is Cc1cc(CNc2ccc(F)c(C(=O)O)c2)c(C)n1C. The van der Waals surface area contributed by atoms with Crippen LogP contribution in [0.4, 0.5) is 10.1 Å². The first-order valence-electron chi connectivity index (χ1n) is 6.28. The van der Waals surface area contributed by atoms with Crippen LogP contribution in [0.1, 0.15) is 27.3 Å². The maximum Gasteiger partial charge on any atom is 0.338 e. The first kappa shape index (κ1) is 14.1. The Hall–Kier alpha value is -2.30. The number of anilines is 1. The van der Waals surface area contributed by atoms with Crippen LogP contribution in [0.2, 0.25) is 0 Å². The lowest BCUT2D eigenvalue weighted by Crippen LogP contribution is -2.05. The molecule has 0 bridgehead atoms. The minimum Gasteiger partial charge on any atom is -0.478 e. The van der Waals surface area contributed by atoms with Crippen molar-refractivity contribution in [3.05, 3.63) is 52.6 Å². The number of aromatic carboxylic acids is 1. The highest BCUT2D eigenvalue weighted by atomic mass is 19.1. The second-order valence-corrected chi connectivity index (χ2v) is 4.81. The maximum absolute atomic E-state index is 13.3. The molecule has 1 aromatic heterocycles. The van der Waals surface area contributed by atoms with E-state index in [2.05, 4.69) is 16.0 Å². The molecule has 1 heterocycles. The van der Waals surface area contributed by atoms with E-state index in [0.717, 1.165) is 23.0 Å². The van der Waals surface area contributed by atoms with Crippen LogP contribution in [0.3, 0.4) is 0 Å². The van der Waals surface area contributed by atoms with Crippen molar-refractivity contribution in [1.82, 2.24) is 4.57 Å². The largest absolute Gasteiger partial charge is 0.478 e. The van der Waals surface area contributed by atoms with E-state index < -0.39 is 11.8 Å². The number of halogens is 1. The van der Waals surface area contributed by atoms with Crippen molar-refractivity contribution in [3.63, 3.8) is 0 Å². The molecule has 0 aliphatic heterocycles. The van der Waals surface area contributed by atoms with E-state index >= 15 is 0 Å². The van der Waals surface area contributed by atoms with Gasteiger partial charge in [0.15, 0.2) is 0 Å². The Morgan fingerprint density at radius 1 is 1.35 bits per heavy atom. The number of nitrogens with one attached hydrogen (secondary N) is 1. The Labute approximate surface area is 116 Å². The van der Waals surface area contributed by atoms with Crippen LogP contribution in [-0.4, -0.2) is 15.6 Å². The minimum absolute atomic E-state index is 0.323.